The maximum absolute atomic E-state index is 5.27. The molecule has 5 heteroatoms. The zero-order chi connectivity index (χ0) is 5.49. The van der Waals surface area contributed by atoms with Gasteiger partial charge in [-0.1, -0.05) is 34.8 Å². The van der Waals surface area contributed by atoms with Crippen LogP contribution in [0.25, 0.3) is 0 Å². The molecule has 0 aromatic carbocycles. The number of rotatable bonds is 0. The SMILES string of the molecule is ClC(Cl)(Cl)C1NO1. The summed E-state index contributed by atoms with van der Waals surface area (Å²) in [6.45, 7) is 0. The first-order valence-electron chi connectivity index (χ1n) is 1.58. The third-order valence-electron chi connectivity index (χ3n) is 0.533. The minimum Gasteiger partial charge on any atom is -0.273 e. The molecule has 0 aromatic rings. The van der Waals surface area contributed by atoms with Crippen molar-refractivity contribution in [3.8, 4) is 0 Å². The predicted molar refractivity (Wildman–Crippen MR) is 28.3 cm³/mol. The summed E-state index contributed by atoms with van der Waals surface area (Å²) in [5, 5.41) is 0. The highest BCUT2D eigenvalue weighted by molar-refractivity contribution is 6.68. The Bertz CT molecular complexity index is 75.5. The van der Waals surface area contributed by atoms with Crippen LogP contribution in [0.1, 0.15) is 0 Å². The lowest BCUT2D eigenvalue weighted by Crippen LogP contribution is -2.13. The Hall–Kier alpha value is 0.790. The van der Waals surface area contributed by atoms with Crippen molar-refractivity contribution in [2.45, 2.75) is 10.0 Å². The largest absolute Gasteiger partial charge is 0.273 e. The van der Waals surface area contributed by atoms with Crippen LogP contribution in [0.15, 0.2) is 0 Å². The summed E-state index contributed by atoms with van der Waals surface area (Å²) in [6, 6.07) is 0. The van der Waals surface area contributed by atoms with Gasteiger partial charge in [-0.25, -0.2) is 0 Å². The third kappa shape index (κ3) is 1.63. The van der Waals surface area contributed by atoms with E-state index in [-0.39, 0.29) is 0 Å². The first-order chi connectivity index (χ1) is 3.11. The molecule has 0 radical (unpaired) electrons. The molecule has 1 atom stereocenters. The smallest absolute Gasteiger partial charge is 0.233 e. The molecule has 1 N–H and O–H groups in total. The molecule has 1 unspecified atom stereocenters. The lowest BCUT2D eigenvalue weighted by Gasteiger charge is -2.00. The van der Waals surface area contributed by atoms with Gasteiger partial charge in [-0.2, -0.15) is 5.48 Å². The molecule has 1 fully saturated rings. The number of nitrogens with one attached hydrogen (secondary N) is 1. The number of hydrogen-bond donors (Lipinski definition) is 1. The molecule has 1 heterocycles. The second kappa shape index (κ2) is 1.64. The fraction of sp³-hybridized carbons (Fsp3) is 1.00. The summed E-state index contributed by atoms with van der Waals surface area (Å²) in [5.74, 6) is 0. The van der Waals surface area contributed by atoms with Crippen LogP contribution in [-0.4, -0.2) is 10.0 Å². The molecule has 0 saturated carbocycles. The van der Waals surface area contributed by atoms with Gasteiger partial charge in [0.25, 0.3) is 0 Å². The van der Waals surface area contributed by atoms with Crippen molar-refractivity contribution in [2.75, 3.05) is 0 Å². The van der Waals surface area contributed by atoms with E-state index in [0.29, 0.717) is 0 Å². The van der Waals surface area contributed by atoms with Gasteiger partial charge in [0.05, 0.1) is 0 Å². The molecule has 1 aliphatic heterocycles. The summed E-state index contributed by atoms with van der Waals surface area (Å²) < 4.78 is -1.31. The molecule has 7 heavy (non-hydrogen) atoms. The number of halogens is 3. The van der Waals surface area contributed by atoms with Gasteiger partial charge in [-0.15, -0.1) is 0 Å². The summed E-state index contributed by atoms with van der Waals surface area (Å²) >= 11 is 15.8. The fourth-order valence-corrected chi connectivity index (χ4v) is 0.435. The summed E-state index contributed by atoms with van der Waals surface area (Å²) in [5.41, 5.74) is 2.38. The number of alkyl halides is 3. The number of hydroxylamine groups is 1. The Balaban J connectivity index is 2.36. The monoisotopic (exact) mass is 161 g/mol. The highest BCUT2D eigenvalue weighted by Gasteiger charge is 2.43. The van der Waals surface area contributed by atoms with Crippen molar-refractivity contribution in [1.82, 2.24) is 5.48 Å². The van der Waals surface area contributed by atoms with E-state index >= 15 is 0 Å². The molecular formula is C2H2Cl3NO. The van der Waals surface area contributed by atoms with Crippen LogP contribution < -0.4 is 5.48 Å². The van der Waals surface area contributed by atoms with Crippen molar-refractivity contribution < 1.29 is 4.84 Å². The second-order valence-electron chi connectivity index (χ2n) is 1.16. The van der Waals surface area contributed by atoms with Crippen LogP contribution in [-0.2, 0) is 4.84 Å². The zero-order valence-corrected chi connectivity index (χ0v) is 5.39. The van der Waals surface area contributed by atoms with Gasteiger partial charge in [-0.05, 0) is 0 Å². The van der Waals surface area contributed by atoms with Crippen molar-refractivity contribution in [1.29, 1.82) is 0 Å². The molecule has 2 nitrogen and oxygen atoms in total. The van der Waals surface area contributed by atoms with Crippen LogP contribution in [0.4, 0.5) is 0 Å². The van der Waals surface area contributed by atoms with Gasteiger partial charge >= 0.3 is 0 Å². The van der Waals surface area contributed by atoms with Crippen LogP contribution in [0.5, 0.6) is 0 Å². The van der Waals surface area contributed by atoms with E-state index in [1.807, 2.05) is 0 Å². The first kappa shape index (κ1) is 5.92. The lowest BCUT2D eigenvalue weighted by atomic mass is 10.7. The quantitative estimate of drug-likeness (QED) is 0.429. The summed E-state index contributed by atoms with van der Waals surface area (Å²) in [7, 11) is 0. The Labute approximate surface area is 55.6 Å². The van der Waals surface area contributed by atoms with E-state index < -0.39 is 10.0 Å². The van der Waals surface area contributed by atoms with Crippen LogP contribution in [0.3, 0.4) is 0 Å². The topological polar surface area (TPSA) is 34.5 Å². The van der Waals surface area contributed by atoms with Gasteiger partial charge < -0.3 is 0 Å². The highest BCUT2D eigenvalue weighted by atomic mass is 35.6. The number of hydrogen-bond acceptors (Lipinski definition) is 2. The zero-order valence-electron chi connectivity index (χ0n) is 3.12. The molecule has 0 spiro atoms. The highest BCUT2D eigenvalue weighted by Crippen LogP contribution is 2.34. The van der Waals surface area contributed by atoms with E-state index in [0.717, 1.165) is 0 Å². The average Bonchev–Trinajstić information content (AvgIpc) is 1.99. The summed E-state index contributed by atoms with van der Waals surface area (Å²) in [4.78, 5) is 4.43. The van der Waals surface area contributed by atoms with Crippen LogP contribution in [0.2, 0.25) is 0 Å². The molecule has 0 bridgehead atoms. The van der Waals surface area contributed by atoms with Gasteiger partial charge in [0.15, 0.2) is 6.23 Å². The van der Waals surface area contributed by atoms with E-state index in [1.165, 1.54) is 0 Å². The van der Waals surface area contributed by atoms with Gasteiger partial charge in [-0.3, -0.25) is 4.84 Å². The van der Waals surface area contributed by atoms with E-state index in [9.17, 15) is 0 Å². The molecule has 0 amide bonds. The van der Waals surface area contributed by atoms with Crippen molar-refractivity contribution in [3.05, 3.63) is 0 Å². The second-order valence-corrected chi connectivity index (χ2v) is 3.53. The van der Waals surface area contributed by atoms with E-state index in [4.69, 9.17) is 34.8 Å². The maximum Gasteiger partial charge on any atom is 0.233 e. The molecule has 0 aliphatic carbocycles. The summed E-state index contributed by atoms with van der Waals surface area (Å²) in [6.07, 6.45) is -0.405. The Morgan fingerprint density at radius 1 is 1.43 bits per heavy atom. The predicted octanol–water partition coefficient (Wildman–Crippen LogP) is 1.22. The van der Waals surface area contributed by atoms with E-state index in [2.05, 4.69) is 10.3 Å². The Morgan fingerprint density at radius 3 is 1.86 bits per heavy atom. The fourth-order valence-electron chi connectivity index (χ4n) is 0.168. The van der Waals surface area contributed by atoms with Crippen molar-refractivity contribution in [2.24, 2.45) is 0 Å². The van der Waals surface area contributed by atoms with Crippen LogP contribution >= 0.6 is 34.8 Å². The van der Waals surface area contributed by atoms with Gasteiger partial charge in [0, 0.05) is 0 Å². The average molecular weight is 162 g/mol. The third-order valence-corrected chi connectivity index (χ3v) is 1.13. The first-order valence-corrected chi connectivity index (χ1v) is 2.72. The van der Waals surface area contributed by atoms with Gasteiger partial charge in [0.1, 0.15) is 0 Å². The minimum absolute atomic E-state index is 0.405. The Morgan fingerprint density at radius 2 is 1.86 bits per heavy atom. The maximum atomic E-state index is 5.27. The standard InChI is InChI=1S/C2H2Cl3NO/c3-2(4,5)1-6-7-1/h1,6H. The molecule has 0 aromatic heterocycles. The lowest BCUT2D eigenvalue weighted by molar-refractivity contribution is 0.372. The molecule has 1 rings (SSSR count). The molecular weight excluding hydrogens is 160 g/mol. The van der Waals surface area contributed by atoms with Gasteiger partial charge in [0.2, 0.25) is 3.79 Å². The van der Waals surface area contributed by atoms with Crippen molar-refractivity contribution in [3.63, 3.8) is 0 Å². The van der Waals surface area contributed by atoms with Crippen molar-refractivity contribution >= 4 is 34.8 Å². The Kier molecular flexibility index (Phi) is 1.38. The molecule has 42 valence electrons. The molecule has 1 saturated heterocycles. The van der Waals surface area contributed by atoms with E-state index in [1.54, 1.807) is 0 Å². The van der Waals surface area contributed by atoms with Crippen LogP contribution in [0, 0.1) is 0 Å². The molecule has 1 aliphatic rings. The normalized spacial score (nSPS) is 30.4. The minimum atomic E-state index is -1.31.